The number of benzene rings is 2. The third-order valence-electron chi connectivity index (χ3n) is 4.33. The van der Waals surface area contributed by atoms with E-state index in [0.29, 0.717) is 17.9 Å². The first kappa shape index (κ1) is 18.6. The molecule has 0 radical (unpaired) electrons. The number of rotatable bonds is 7. The van der Waals surface area contributed by atoms with Gasteiger partial charge in [-0.3, -0.25) is 19.3 Å². The predicted octanol–water partition coefficient (Wildman–Crippen LogP) is 4.41. The maximum absolute atomic E-state index is 12.2. The summed E-state index contributed by atoms with van der Waals surface area (Å²) in [4.78, 5) is 28.2. The maximum atomic E-state index is 12.2. The largest absolute Gasteiger partial charge is 0.379 e. The summed E-state index contributed by atoms with van der Waals surface area (Å²) in [5, 5.41) is 18.8. The number of para-hydroxylation sites is 2. The monoisotopic (exact) mass is 407 g/mol. The van der Waals surface area contributed by atoms with Crippen LogP contribution in [0.25, 0.3) is 16.2 Å². The molecule has 0 spiro atoms. The fourth-order valence-electron chi connectivity index (χ4n) is 2.91. The van der Waals surface area contributed by atoms with E-state index in [2.05, 4.69) is 15.6 Å². The van der Waals surface area contributed by atoms with Gasteiger partial charge in [-0.05, 0) is 18.2 Å². The minimum Gasteiger partial charge on any atom is -0.379 e. The van der Waals surface area contributed by atoms with Crippen molar-refractivity contribution in [3.05, 3.63) is 76.4 Å². The highest BCUT2D eigenvalue weighted by molar-refractivity contribution is 7.15. The molecule has 9 heteroatoms. The first-order chi connectivity index (χ1) is 14.1. The van der Waals surface area contributed by atoms with Crippen molar-refractivity contribution in [2.75, 3.05) is 17.2 Å². The maximum Gasteiger partial charge on any atom is 0.292 e. The van der Waals surface area contributed by atoms with Gasteiger partial charge in [0.05, 0.1) is 10.6 Å². The molecule has 146 valence electrons. The summed E-state index contributed by atoms with van der Waals surface area (Å²) in [5.41, 5.74) is 2.92. The number of nitrogens with one attached hydrogen (secondary N) is 2. The SMILES string of the molecule is O=C(CCNc1ccccc1[N+](=O)[O-])Nc1ccc(-c2cn3ccsc3n2)cc1. The Labute approximate surface area is 170 Å². The number of carbonyl (C=O) groups excluding carboxylic acids is 1. The van der Waals surface area contributed by atoms with Crippen LogP contribution in [0.4, 0.5) is 17.1 Å². The van der Waals surface area contributed by atoms with Crippen LogP contribution in [0.1, 0.15) is 6.42 Å². The van der Waals surface area contributed by atoms with Crippen LogP contribution in [0, 0.1) is 10.1 Å². The molecule has 29 heavy (non-hydrogen) atoms. The summed E-state index contributed by atoms with van der Waals surface area (Å²) >= 11 is 1.57. The van der Waals surface area contributed by atoms with E-state index in [-0.39, 0.29) is 18.0 Å². The molecule has 2 aromatic carbocycles. The number of aromatic nitrogens is 2. The van der Waals surface area contributed by atoms with Crippen LogP contribution in [0.2, 0.25) is 0 Å². The Hall–Kier alpha value is -3.72. The van der Waals surface area contributed by atoms with Crippen LogP contribution < -0.4 is 10.6 Å². The fraction of sp³-hybridized carbons (Fsp3) is 0.100. The topological polar surface area (TPSA) is 102 Å². The van der Waals surface area contributed by atoms with Gasteiger partial charge < -0.3 is 10.6 Å². The second-order valence-electron chi connectivity index (χ2n) is 6.30. The van der Waals surface area contributed by atoms with Gasteiger partial charge in [0, 0.05) is 48.1 Å². The van der Waals surface area contributed by atoms with Crippen LogP contribution in [0.5, 0.6) is 0 Å². The van der Waals surface area contributed by atoms with Gasteiger partial charge in [0.25, 0.3) is 5.69 Å². The zero-order valence-electron chi connectivity index (χ0n) is 15.2. The molecule has 0 saturated carbocycles. The number of hydrogen-bond donors (Lipinski definition) is 2. The molecule has 0 unspecified atom stereocenters. The highest BCUT2D eigenvalue weighted by Gasteiger charge is 2.12. The average molecular weight is 407 g/mol. The van der Waals surface area contributed by atoms with Crippen molar-refractivity contribution < 1.29 is 9.72 Å². The minimum absolute atomic E-state index is 0.0114. The summed E-state index contributed by atoms with van der Waals surface area (Å²) in [7, 11) is 0. The second-order valence-corrected chi connectivity index (χ2v) is 7.17. The molecule has 4 rings (SSSR count). The molecule has 0 saturated heterocycles. The van der Waals surface area contributed by atoms with E-state index in [1.54, 1.807) is 29.5 Å². The van der Waals surface area contributed by atoms with E-state index in [9.17, 15) is 14.9 Å². The van der Waals surface area contributed by atoms with E-state index in [0.717, 1.165) is 16.2 Å². The Kier molecular flexibility index (Phi) is 5.21. The standard InChI is InChI=1S/C20H17N5O3S/c26-19(9-10-21-16-3-1-2-4-18(16)25(27)28)22-15-7-5-14(6-8-15)17-13-24-11-12-29-20(24)23-17/h1-8,11-13,21H,9-10H2,(H,22,26). The van der Waals surface area contributed by atoms with Gasteiger partial charge in [-0.25, -0.2) is 4.98 Å². The molecule has 8 nitrogen and oxygen atoms in total. The van der Waals surface area contributed by atoms with E-state index in [1.165, 1.54) is 6.07 Å². The van der Waals surface area contributed by atoms with Gasteiger partial charge in [0.1, 0.15) is 5.69 Å². The van der Waals surface area contributed by atoms with Gasteiger partial charge in [-0.15, -0.1) is 11.3 Å². The number of nitro benzene ring substituents is 1. The Balaban J connectivity index is 1.32. The number of carbonyl (C=O) groups is 1. The normalized spacial score (nSPS) is 10.8. The van der Waals surface area contributed by atoms with Crippen molar-refractivity contribution in [3.8, 4) is 11.3 Å². The Morgan fingerprint density at radius 3 is 2.72 bits per heavy atom. The lowest BCUT2D eigenvalue weighted by molar-refractivity contribution is -0.384. The lowest BCUT2D eigenvalue weighted by atomic mass is 10.1. The van der Waals surface area contributed by atoms with Gasteiger partial charge in [0.15, 0.2) is 4.96 Å². The molecule has 1 amide bonds. The summed E-state index contributed by atoms with van der Waals surface area (Å²) in [6.07, 6.45) is 4.11. The molecule has 0 aliphatic heterocycles. The molecular formula is C20H17N5O3S. The number of thiazole rings is 1. The van der Waals surface area contributed by atoms with Gasteiger partial charge in [-0.2, -0.15) is 0 Å². The summed E-state index contributed by atoms with van der Waals surface area (Å²) in [6, 6.07) is 13.8. The first-order valence-corrected chi connectivity index (χ1v) is 9.78. The van der Waals surface area contributed by atoms with Crippen molar-refractivity contribution in [3.63, 3.8) is 0 Å². The van der Waals surface area contributed by atoms with Crippen LogP contribution in [-0.2, 0) is 4.79 Å². The molecule has 2 aromatic heterocycles. The smallest absolute Gasteiger partial charge is 0.292 e. The summed E-state index contributed by atoms with van der Waals surface area (Å²) in [5.74, 6) is -0.175. The van der Waals surface area contributed by atoms with Crippen molar-refractivity contribution in [1.82, 2.24) is 9.38 Å². The molecular weight excluding hydrogens is 390 g/mol. The quantitative estimate of drug-likeness (QED) is 0.349. The Morgan fingerprint density at radius 1 is 1.17 bits per heavy atom. The molecule has 2 N–H and O–H groups in total. The molecule has 0 atom stereocenters. The van der Waals surface area contributed by atoms with Crippen LogP contribution >= 0.6 is 11.3 Å². The van der Waals surface area contributed by atoms with Crippen LogP contribution in [0.3, 0.4) is 0 Å². The highest BCUT2D eigenvalue weighted by atomic mass is 32.1. The number of anilines is 2. The summed E-state index contributed by atoms with van der Waals surface area (Å²) in [6.45, 7) is 0.292. The number of fused-ring (bicyclic) bond motifs is 1. The molecule has 0 aliphatic carbocycles. The van der Waals surface area contributed by atoms with Crippen molar-refractivity contribution in [2.45, 2.75) is 6.42 Å². The zero-order chi connectivity index (χ0) is 20.2. The van der Waals surface area contributed by atoms with Gasteiger partial charge in [0.2, 0.25) is 5.91 Å². The van der Waals surface area contributed by atoms with E-state index >= 15 is 0 Å². The van der Waals surface area contributed by atoms with E-state index in [1.807, 2.05) is 46.4 Å². The molecule has 0 bridgehead atoms. The van der Waals surface area contributed by atoms with E-state index < -0.39 is 4.92 Å². The van der Waals surface area contributed by atoms with Crippen molar-refractivity contribution >= 4 is 39.3 Å². The number of nitrogens with zero attached hydrogens (tertiary/aromatic N) is 3. The van der Waals surface area contributed by atoms with E-state index in [4.69, 9.17) is 0 Å². The highest BCUT2D eigenvalue weighted by Crippen LogP contribution is 2.24. The zero-order valence-corrected chi connectivity index (χ0v) is 16.1. The van der Waals surface area contributed by atoms with Gasteiger partial charge >= 0.3 is 0 Å². The number of hydrogen-bond acceptors (Lipinski definition) is 6. The lowest BCUT2D eigenvalue weighted by Crippen LogP contribution is -2.16. The fourth-order valence-corrected chi connectivity index (χ4v) is 3.61. The second kappa shape index (κ2) is 8.11. The number of imidazole rings is 1. The Morgan fingerprint density at radius 2 is 1.97 bits per heavy atom. The third kappa shape index (κ3) is 4.25. The summed E-state index contributed by atoms with van der Waals surface area (Å²) < 4.78 is 1.97. The van der Waals surface area contributed by atoms with Crippen LogP contribution in [0.15, 0.2) is 66.3 Å². The van der Waals surface area contributed by atoms with Crippen molar-refractivity contribution in [1.29, 1.82) is 0 Å². The lowest BCUT2D eigenvalue weighted by Gasteiger charge is -2.08. The Bertz CT molecular complexity index is 1140. The van der Waals surface area contributed by atoms with Gasteiger partial charge in [-0.1, -0.05) is 24.3 Å². The molecule has 0 fully saturated rings. The van der Waals surface area contributed by atoms with Crippen LogP contribution in [-0.4, -0.2) is 26.8 Å². The third-order valence-corrected chi connectivity index (χ3v) is 5.10. The number of amides is 1. The number of nitro groups is 1. The predicted molar refractivity (Wildman–Crippen MR) is 113 cm³/mol. The molecule has 2 heterocycles. The molecule has 4 aromatic rings. The average Bonchev–Trinajstić information content (AvgIpc) is 3.31. The van der Waals surface area contributed by atoms with Crippen molar-refractivity contribution in [2.24, 2.45) is 0 Å². The first-order valence-electron chi connectivity index (χ1n) is 8.90. The molecule has 0 aliphatic rings. The minimum atomic E-state index is -0.451.